The summed E-state index contributed by atoms with van der Waals surface area (Å²) in [7, 11) is 0. The Kier molecular flexibility index (Phi) is 0.778. The van der Waals surface area contributed by atoms with Crippen LogP contribution >= 0.6 is 0 Å². The SMILES string of the molecule is CC1CCCC12CC2. The first-order valence-corrected chi connectivity index (χ1v) is 3.83. The first kappa shape index (κ1) is 4.84. The van der Waals surface area contributed by atoms with Gasteiger partial charge in [-0.05, 0) is 30.6 Å². The monoisotopic (exact) mass is 110 g/mol. The summed E-state index contributed by atoms with van der Waals surface area (Å²) in [5.74, 6) is 1.07. The molecule has 0 radical (unpaired) electrons. The molecular formula is C8H14. The highest BCUT2D eigenvalue weighted by atomic mass is 14.5. The van der Waals surface area contributed by atoms with Gasteiger partial charge in [-0.1, -0.05) is 19.8 Å². The first-order valence-electron chi connectivity index (χ1n) is 3.83. The van der Waals surface area contributed by atoms with Gasteiger partial charge in [0, 0.05) is 0 Å². The van der Waals surface area contributed by atoms with Crippen molar-refractivity contribution in [3.63, 3.8) is 0 Å². The van der Waals surface area contributed by atoms with Crippen molar-refractivity contribution in [1.29, 1.82) is 0 Å². The van der Waals surface area contributed by atoms with E-state index in [1.54, 1.807) is 19.3 Å². The molecule has 0 amide bonds. The molecule has 2 aliphatic carbocycles. The second-order valence-corrected chi connectivity index (χ2v) is 3.66. The topological polar surface area (TPSA) is 0 Å². The van der Waals surface area contributed by atoms with Crippen LogP contribution in [-0.4, -0.2) is 0 Å². The highest BCUT2D eigenvalue weighted by Crippen LogP contribution is 2.60. The second-order valence-electron chi connectivity index (χ2n) is 3.66. The van der Waals surface area contributed by atoms with Gasteiger partial charge in [0.15, 0.2) is 0 Å². The summed E-state index contributed by atoms with van der Waals surface area (Å²) in [4.78, 5) is 0. The zero-order valence-corrected chi connectivity index (χ0v) is 5.61. The average Bonchev–Trinajstić information content (AvgIpc) is 2.39. The maximum atomic E-state index is 2.43. The third-order valence-corrected chi connectivity index (χ3v) is 3.25. The third kappa shape index (κ3) is 0.463. The van der Waals surface area contributed by atoms with Gasteiger partial charge < -0.3 is 0 Å². The molecule has 0 nitrogen and oxygen atoms in total. The summed E-state index contributed by atoms with van der Waals surface area (Å²) in [6.07, 6.45) is 7.68. The molecule has 46 valence electrons. The Hall–Kier alpha value is 0. The number of rotatable bonds is 0. The Labute approximate surface area is 51.3 Å². The van der Waals surface area contributed by atoms with Crippen molar-refractivity contribution in [2.24, 2.45) is 11.3 Å². The fraction of sp³-hybridized carbons (Fsp3) is 1.00. The Morgan fingerprint density at radius 1 is 1.25 bits per heavy atom. The molecule has 0 heterocycles. The van der Waals surface area contributed by atoms with Crippen LogP contribution in [0.5, 0.6) is 0 Å². The van der Waals surface area contributed by atoms with Crippen molar-refractivity contribution in [3.05, 3.63) is 0 Å². The summed E-state index contributed by atoms with van der Waals surface area (Å²) in [6.45, 7) is 2.43. The van der Waals surface area contributed by atoms with Crippen molar-refractivity contribution in [1.82, 2.24) is 0 Å². The normalized spacial score (nSPS) is 40.9. The highest BCUT2D eigenvalue weighted by Gasteiger charge is 2.49. The fourth-order valence-electron chi connectivity index (χ4n) is 2.22. The molecule has 2 fully saturated rings. The summed E-state index contributed by atoms with van der Waals surface area (Å²) in [5, 5.41) is 0. The minimum Gasteiger partial charge on any atom is -0.0620 e. The van der Waals surface area contributed by atoms with Crippen LogP contribution in [-0.2, 0) is 0 Å². The molecule has 1 spiro atoms. The molecule has 0 bridgehead atoms. The van der Waals surface area contributed by atoms with Crippen LogP contribution in [0.4, 0.5) is 0 Å². The second kappa shape index (κ2) is 1.29. The Morgan fingerprint density at radius 2 is 2.00 bits per heavy atom. The van der Waals surface area contributed by atoms with Crippen molar-refractivity contribution in [2.75, 3.05) is 0 Å². The van der Waals surface area contributed by atoms with E-state index in [0.717, 1.165) is 11.3 Å². The lowest BCUT2D eigenvalue weighted by atomic mass is 9.95. The molecule has 0 N–H and O–H groups in total. The molecule has 2 rings (SSSR count). The predicted octanol–water partition coefficient (Wildman–Crippen LogP) is 2.59. The van der Waals surface area contributed by atoms with Crippen LogP contribution in [0.25, 0.3) is 0 Å². The summed E-state index contributed by atoms with van der Waals surface area (Å²) in [6, 6.07) is 0. The van der Waals surface area contributed by atoms with E-state index in [1.807, 2.05) is 0 Å². The quantitative estimate of drug-likeness (QED) is 0.449. The lowest BCUT2D eigenvalue weighted by Gasteiger charge is -2.10. The Bertz CT molecular complexity index is 101. The fourth-order valence-corrected chi connectivity index (χ4v) is 2.22. The van der Waals surface area contributed by atoms with Gasteiger partial charge in [-0.2, -0.15) is 0 Å². The van der Waals surface area contributed by atoms with Crippen LogP contribution in [0.2, 0.25) is 0 Å². The van der Waals surface area contributed by atoms with E-state index in [1.165, 1.54) is 12.8 Å². The minimum atomic E-state index is 0.903. The average molecular weight is 110 g/mol. The van der Waals surface area contributed by atoms with Crippen LogP contribution in [0.15, 0.2) is 0 Å². The molecule has 8 heavy (non-hydrogen) atoms. The third-order valence-electron chi connectivity index (χ3n) is 3.25. The molecule has 0 saturated heterocycles. The number of hydrogen-bond donors (Lipinski definition) is 0. The van der Waals surface area contributed by atoms with E-state index in [-0.39, 0.29) is 0 Å². The van der Waals surface area contributed by atoms with Crippen LogP contribution in [0.3, 0.4) is 0 Å². The molecule has 2 aliphatic rings. The van der Waals surface area contributed by atoms with E-state index in [9.17, 15) is 0 Å². The zero-order valence-electron chi connectivity index (χ0n) is 5.61. The smallest absolute Gasteiger partial charge is 0.0271 e. The Morgan fingerprint density at radius 3 is 2.25 bits per heavy atom. The minimum absolute atomic E-state index is 0.903. The van der Waals surface area contributed by atoms with Crippen LogP contribution in [0.1, 0.15) is 39.0 Å². The van der Waals surface area contributed by atoms with Crippen molar-refractivity contribution < 1.29 is 0 Å². The molecule has 0 aromatic heterocycles. The van der Waals surface area contributed by atoms with Gasteiger partial charge in [0.25, 0.3) is 0 Å². The van der Waals surface area contributed by atoms with Gasteiger partial charge in [-0.3, -0.25) is 0 Å². The lowest BCUT2D eigenvalue weighted by Crippen LogP contribution is -2.01. The van der Waals surface area contributed by atoms with Crippen LogP contribution in [0, 0.1) is 11.3 Å². The van der Waals surface area contributed by atoms with Gasteiger partial charge in [-0.25, -0.2) is 0 Å². The standard InChI is InChI=1S/C8H14/c1-7-3-2-4-8(7)5-6-8/h7H,2-6H2,1H3. The van der Waals surface area contributed by atoms with E-state index in [2.05, 4.69) is 6.92 Å². The van der Waals surface area contributed by atoms with E-state index < -0.39 is 0 Å². The van der Waals surface area contributed by atoms with Gasteiger partial charge in [0.2, 0.25) is 0 Å². The summed E-state index contributed by atoms with van der Waals surface area (Å²) < 4.78 is 0. The van der Waals surface area contributed by atoms with E-state index in [0.29, 0.717) is 0 Å². The molecule has 0 aromatic carbocycles. The van der Waals surface area contributed by atoms with Gasteiger partial charge in [0.05, 0.1) is 0 Å². The zero-order chi connectivity index (χ0) is 5.61. The first-order chi connectivity index (χ1) is 3.83. The largest absolute Gasteiger partial charge is 0.0620 e. The van der Waals surface area contributed by atoms with Crippen molar-refractivity contribution >= 4 is 0 Å². The maximum absolute atomic E-state index is 2.43. The summed E-state index contributed by atoms with van der Waals surface area (Å²) in [5.41, 5.74) is 0.903. The van der Waals surface area contributed by atoms with E-state index >= 15 is 0 Å². The van der Waals surface area contributed by atoms with Crippen molar-refractivity contribution in [3.8, 4) is 0 Å². The van der Waals surface area contributed by atoms with Crippen LogP contribution < -0.4 is 0 Å². The van der Waals surface area contributed by atoms with Crippen molar-refractivity contribution in [2.45, 2.75) is 39.0 Å². The van der Waals surface area contributed by atoms with Gasteiger partial charge in [-0.15, -0.1) is 0 Å². The highest BCUT2D eigenvalue weighted by molar-refractivity contribution is 5.00. The molecule has 0 heteroatoms. The van der Waals surface area contributed by atoms with Gasteiger partial charge in [0.1, 0.15) is 0 Å². The molecule has 1 atom stereocenters. The molecular weight excluding hydrogens is 96.1 g/mol. The molecule has 1 unspecified atom stereocenters. The van der Waals surface area contributed by atoms with E-state index in [4.69, 9.17) is 0 Å². The number of hydrogen-bond acceptors (Lipinski definition) is 0. The van der Waals surface area contributed by atoms with Gasteiger partial charge >= 0.3 is 0 Å². The lowest BCUT2D eigenvalue weighted by molar-refractivity contribution is 0.396. The summed E-state index contributed by atoms with van der Waals surface area (Å²) >= 11 is 0. The maximum Gasteiger partial charge on any atom is -0.0271 e. The molecule has 0 aliphatic heterocycles. The molecule has 0 aromatic rings. The Balaban J connectivity index is 2.12. The predicted molar refractivity (Wildman–Crippen MR) is 34.7 cm³/mol. The molecule has 2 saturated carbocycles.